The molecule has 2 N–H and O–H groups in total. The first-order valence-electron chi connectivity index (χ1n) is 6.69. The van der Waals surface area contributed by atoms with Crippen LogP contribution in [0.25, 0.3) is 10.8 Å². The van der Waals surface area contributed by atoms with Gasteiger partial charge in [0.15, 0.2) is 9.84 Å². The van der Waals surface area contributed by atoms with Gasteiger partial charge in [-0.2, -0.15) is 0 Å². The second kappa shape index (κ2) is 5.31. The highest BCUT2D eigenvalue weighted by molar-refractivity contribution is 7.92. The summed E-state index contributed by atoms with van der Waals surface area (Å²) in [6, 6.07) is 10.9. The van der Waals surface area contributed by atoms with Gasteiger partial charge in [-0.15, -0.1) is 0 Å². The molecule has 0 spiro atoms. The summed E-state index contributed by atoms with van der Waals surface area (Å²) < 4.78 is 28.0. The van der Waals surface area contributed by atoms with Crippen LogP contribution in [0.1, 0.15) is 25.5 Å². The van der Waals surface area contributed by atoms with E-state index in [0.717, 1.165) is 22.1 Å². The van der Waals surface area contributed by atoms with E-state index >= 15 is 0 Å². The quantitative estimate of drug-likeness (QED) is 0.943. The molecule has 0 saturated heterocycles. The number of sulfone groups is 1. The van der Waals surface area contributed by atoms with Crippen LogP contribution in [-0.4, -0.2) is 26.5 Å². The van der Waals surface area contributed by atoms with Crippen molar-refractivity contribution in [1.82, 2.24) is 0 Å². The maximum absolute atomic E-state index is 11.9. The fraction of sp³-hybridized carbons (Fsp3) is 0.375. The average Bonchev–Trinajstić information content (AvgIpc) is 2.44. The van der Waals surface area contributed by atoms with Gasteiger partial charge in [-0.05, 0) is 48.4 Å². The Morgan fingerprint density at radius 2 is 1.67 bits per heavy atom. The maximum atomic E-state index is 11.9. The molecule has 0 radical (unpaired) electrons. The van der Waals surface area contributed by atoms with E-state index in [1.54, 1.807) is 21.0 Å². The largest absolute Gasteiger partial charge is 0.497 e. The molecule has 2 rings (SSSR count). The minimum absolute atomic E-state index is 0.584. The molecule has 0 aliphatic heterocycles. The van der Waals surface area contributed by atoms with Gasteiger partial charge in [-0.1, -0.05) is 18.2 Å². The van der Waals surface area contributed by atoms with Crippen LogP contribution in [0.15, 0.2) is 36.4 Å². The summed E-state index contributed by atoms with van der Waals surface area (Å²) in [6.45, 7) is 3.32. The predicted molar refractivity (Wildman–Crippen MR) is 86.4 cm³/mol. The smallest absolute Gasteiger partial charge is 0.154 e. The van der Waals surface area contributed by atoms with Crippen LogP contribution in [0.4, 0.5) is 0 Å². The van der Waals surface area contributed by atoms with E-state index < -0.39 is 20.6 Å². The molecule has 1 atom stereocenters. The van der Waals surface area contributed by atoms with Gasteiger partial charge in [0.1, 0.15) is 5.75 Å². The van der Waals surface area contributed by atoms with E-state index in [2.05, 4.69) is 0 Å². The van der Waals surface area contributed by atoms with Crippen molar-refractivity contribution < 1.29 is 13.2 Å². The summed E-state index contributed by atoms with van der Waals surface area (Å²) in [5.74, 6) is 0.788. The first-order chi connectivity index (χ1) is 9.66. The van der Waals surface area contributed by atoms with Crippen LogP contribution in [0, 0.1) is 0 Å². The van der Waals surface area contributed by atoms with Gasteiger partial charge in [-0.25, -0.2) is 8.42 Å². The molecule has 0 amide bonds. The van der Waals surface area contributed by atoms with Gasteiger partial charge in [0.2, 0.25) is 0 Å². The Labute approximate surface area is 125 Å². The summed E-state index contributed by atoms with van der Waals surface area (Å²) in [7, 11) is -1.63. The molecule has 114 valence electrons. The van der Waals surface area contributed by atoms with E-state index in [1.165, 1.54) is 6.26 Å². The van der Waals surface area contributed by atoms with Crippen LogP contribution < -0.4 is 10.5 Å². The number of hydrogen-bond donors (Lipinski definition) is 1. The zero-order chi connectivity index (χ0) is 15.8. The second-order valence-electron chi connectivity index (χ2n) is 5.83. The standard InChI is InChI=1S/C16H21NO3S/c1-16(2,21(4,18)19)15(17)13-6-5-12-10-14(20-3)8-7-11(12)9-13/h5-10,15H,17H2,1-4H3. The molecule has 21 heavy (non-hydrogen) atoms. The van der Waals surface area contributed by atoms with Gasteiger partial charge in [0.25, 0.3) is 0 Å². The van der Waals surface area contributed by atoms with Crippen molar-refractivity contribution in [3.05, 3.63) is 42.0 Å². The summed E-state index contributed by atoms with van der Waals surface area (Å²) in [5.41, 5.74) is 7.01. The third-order valence-corrected chi connectivity index (χ3v) is 6.30. The Bertz CT molecular complexity index is 766. The molecule has 0 aliphatic rings. The lowest BCUT2D eigenvalue weighted by molar-refractivity contribution is 0.415. The number of nitrogens with two attached hydrogens (primary N) is 1. The van der Waals surface area contributed by atoms with Gasteiger partial charge < -0.3 is 10.5 Å². The third kappa shape index (κ3) is 2.89. The number of rotatable bonds is 4. The summed E-state index contributed by atoms with van der Waals surface area (Å²) in [5, 5.41) is 2.04. The van der Waals surface area contributed by atoms with E-state index in [-0.39, 0.29) is 0 Å². The molecule has 0 fully saturated rings. The Morgan fingerprint density at radius 3 is 2.24 bits per heavy atom. The van der Waals surface area contributed by atoms with Crippen molar-refractivity contribution in [3.63, 3.8) is 0 Å². The molecular weight excluding hydrogens is 286 g/mol. The summed E-state index contributed by atoms with van der Waals surface area (Å²) in [4.78, 5) is 0. The van der Waals surface area contributed by atoms with Crippen molar-refractivity contribution in [2.75, 3.05) is 13.4 Å². The van der Waals surface area contributed by atoms with Crippen molar-refractivity contribution in [2.24, 2.45) is 5.73 Å². The van der Waals surface area contributed by atoms with Crippen LogP contribution in [0.3, 0.4) is 0 Å². The van der Waals surface area contributed by atoms with E-state index in [4.69, 9.17) is 10.5 Å². The summed E-state index contributed by atoms with van der Waals surface area (Å²) >= 11 is 0. The molecule has 0 saturated carbocycles. The predicted octanol–water partition coefficient (Wildman–Crippen LogP) is 2.67. The average molecular weight is 307 g/mol. The van der Waals surface area contributed by atoms with Gasteiger partial charge >= 0.3 is 0 Å². The zero-order valence-electron chi connectivity index (χ0n) is 12.8. The molecule has 2 aromatic rings. The molecular formula is C16H21NO3S. The van der Waals surface area contributed by atoms with Crippen LogP contribution in [0.2, 0.25) is 0 Å². The normalized spacial score (nSPS) is 14.1. The van der Waals surface area contributed by atoms with Crippen LogP contribution in [0.5, 0.6) is 5.75 Å². The molecule has 0 aliphatic carbocycles. The molecule has 1 unspecified atom stereocenters. The highest BCUT2D eigenvalue weighted by Gasteiger charge is 2.37. The van der Waals surface area contributed by atoms with E-state index in [1.807, 2.05) is 36.4 Å². The second-order valence-corrected chi connectivity index (χ2v) is 8.42. The Hall–Kier alpha value is -1.59. The van der Waals surface area contributed by atoms with Gasteiger partial charge in [0, 0.05) is 12.3 Å². The Balaban J connectivity index is 2.48. The maximum Gasteiger partial charge on any atom is 0.154 e. The fourth-order valence-electron chi connectivity index (χ4n) is 2.19. The molecule has 5 heteroatoms. The van der Waals surface area contributed by atoms with Gasteiger partial charge in [-0.3, -0.25) is 0 Å². The number of fused-ring (bicyclic) bond motifs is 1. The number of methoxy groups -OCH3 is 1. The van der Waals surface area contributed by atoms with Crippen molar-refractivity contribution in [1.29, 1.82) is 0 Å². The minimum Gasteiger partial charge on any atom is -0.497 e. The number of ether oxygens (including phenoxy) is 1. The van der Waals surface area contributed by atoms with Crippen molar-refractivity contribution >= 4 is 20.6 Å². The lowest BCUT2D eigenvalue weighted by Crippen LogP contribution is -2.42. The van der Waals surface area contributed by atoms with E-state index in [9.17, 15) is 8.42 Å². The third-order valence-electron chi connectivity index (χ3n) is 4.14. The monoisotopic (exact) mass is 307 g/mol. The van der Waals surface area contributed by atoms with Crippen molar-refractivity contribution in [2.45, 2.75) is 24.6 Å². The minimum atomic E-state index is -3.26. The fourth-order valence-corrected chi connectivity index (χ4v) is 2.79. The highest BCUT2D eigenvalue weighted by Crippen LogP contribution is 2.32. The van der Waals surface area contributed by atoms with Crippen LogP contribution in [-0.2, 0) is 9.84 Å². The highest BCUT2D eigenvalue weighted by atomic mass is 32.2. The molecule has 0 bridgehead atoms. The Morgan fingerprint density at radius 1 is 1.10 bits per heavy atom. The molecule has 0 aromatic heterocycles. The van der Waals surface area contributed by atoms with E-state index in [0.29, 0.717) is 0 Å². The molecule has 4 nitrogen and oxygen atoms in total. The first-order valence-corrected chi connectivity index (χ1v) is 8.59. The lowest BCUT2D eigenvalue weighted by Gasteiger charge is -2.30. The Kier molecular flexibility index (Phi) is 4.00. The van der Waals surface area contributed by atoms with Gasteiger partial charge in [0.05, 0.1) is 11.9 Å². The number of benzene rings is 2. The van der Waals surface area contributed by atoms with Crippen molar-refractivity contribution in [3.8, 4) is 5.75 Å². The van der Waals surface area contributed by atoms with Crippen LogP contribution >= 0.6 is 0 Å². The molecule has 2 aromatic carbocycles. The molecule has 0 heterocycles. The zero-order valence-corrected chi connectivity index (χ0v) is 13.6. The lowest BCUT2D eigenvalue weighted by atomic mass is 9.94. The topological polar surface area (TPSA) is 69.4 Å². The SMILES string of the molecule is COc1ccc2cc(C(N)C(C)(C)S(C)(=O)=O)ccc2c1. The first kappa shape index (κ1) is 15.8. The number of hydrogen-bond acceptors (Lipinski definition) is 4. The summed E-state index contributed by atoms with van der Waals surface area (Å²) in [6.07, 6.45) is 1.22.